The van der Waals surface area contributed by atoms with E-state index in [1.165, 1.54) is 0 Å². The number of hydrogen-bond donors (Lipinski definition) is 2. The van der Waals surface area contributed by atoms with Crippen molar-refractivity contribution in [2.75, 3.05) is 12.3 Å². The molecule has 0 rings (SSSR count). The first-order valence-corrected chi connectivity index (χ1v) is 5.03. The van der Waals surface area contributed by atoms with Crippen LogP contribution in [-0.4, -0.2) is 28.3 Å². The van der Waals surface area contributed by atoms with Crippen LogP contribution in [0.15, 0.2) is 0 Å². The zero-order chi connectivity index (χ0) is 8.20. The van der Waals surface area contributed by atoms with Gasteiger partial charge in [0.1, 0.15) is 6.16 Å². The maximum Gasteiger partial charge on any atom is 0.313 e. The van der Waals surface area contributed by atoms with Crippen molar-refractivity contribution in [1.29, 1.82) is 0 Å². The van der Waals surface area contributed by atoms with Gasteiger partial charge in [-0.15, -0.1) is 0 Å². The molecule has 1 unspecified atom stereocenters. The monoisotopic (exact) mass is 166 g/mol. The van der Waals surface area contributed by atoms with Gasteiger partial charge < -0.3 is 10.00 Å². The zero-order valence-electron chi connectivity index (χ0n) is 5.78. The van der Waals surface area contributed by atoms with E-state index in [4.69, 9.17) is 10.00 Å². The fourth-order valence-electron chi connectivity index (χ4n) is 0.640. The van der Waals surface area contributed by atoms with Crippen molar-refractivity contribution < 1.29 is 19.4 Å². The average molecular weight is 166 g/mol. The summed E-state index contributed by atoms with van der Waals surface area (Å²) in [5.74, 6) is -1.21. The number of rotatable bonds is 4. The average Bonchev–Trinajstić information content (AvgIpc) is 1.59. The smallest absolute Gasteiger partial charge is 0.313 e. The van der Waals surface area contributed by atoms with Gasteiger partial charge in [-0.25, -0.2) is 0 Å². The van der Waals surface area contributed by atoms with E-state index in [9.17, 15) is 9.36 Å². The standard InChI is InChI=1S/C5H11O4P/c1-2-3-10(8,9)4-5(6)7/h2-4H2,1H3,(H,6,7)(H,8,9). The van der Waals surface area contributed by atoms with Crippen LogP contribution in [0.1, 0.15) is 13.3 Å². The Morgan fingerprint density at radius 1 is 1.60 bits per heavy atom. The lowest BCUT2D eigenvalue weighted by Gasteiger charge is -2.05. The van der Waals surface area contributed by atoms with Crippen LogP contribution in [0, 0.1) is 0 Å². The van der Waals surface area contributed by atoms with Crippen molar-refractivity contribution in [3.63, 3.8) is 0 Å². The molecule has 10 heavy (non-hydrogen) atoms. The predicted molar refractivity (Wildman–Crippen MR) is 37.5 cm³/mol. The molecule has 5 heteroatoms. The Labute approximate surface area is 59.3 Å². The van der Waals surface area contributed by atoms with Crippen molar-refractivity contribution >= 4 is 13.3 Å². The number of hydrogen-bond acceptors (Lipinski definition) is 2. The van der Waals surface area contributed by atoms with Gasteiger partial charge in [0.2, 0.25) is 7.37 Å². The summed E-state index contributed by atoms with van der Waals surface area (Å²) in [4.78, 5) is 18.8. The van der Waals surface area contributed by atoms with Crippen LogP contribution in [0.2, 0.25) is 0 Å². The molecule has 0 aromatic rings. The summed E-state index contributed by atoms with van der Waals surface area (Å²) in [7, 11) is -3.35. The fraction of sp³-hybridized carbons (Fsp3) is 0.800. The largest absolute Gasteiger partial charge is 0.481 e. The van der Waals surface area contributed by atoms with E-state index in [1.54, 1.807) is 6.92 Å². The molecule has 0 amide bonds. The molecule has 2 N–H and O–H groups in total. The predicted octanol–water partition coefficient (Wildman–Crippen LogP) is 0.751. The van der Waals surface area contributed by atoms with Crippen LogP contribution in [-0.2, 0) is 9.36 Å². The topological polar surface area (TPSA) is 74.6 Å². The molecule has 0 saturated heterocycles. The van der Waals surface area contributed by atoms with E-state index in [-0.39, 0.29) is 6.16 Å². The second-order valence-corrected chi connectivity index (χ2v) is 4.58. The lowest BCUT2D eigenvalue weighted by atomic mass is 10.6. The number of carbonyl (C=O) groups is 1. The highest BCUT2D eigenvalue weighted by Gasteiger charge is 2.20. The molecule has 0 aromatic carbocycles. The first-order valence-electron chi connectivity index (χ1n) is 3.00. The normalized spacial score (nSPS) is 16.2. The highest BCUT2D eigenvalue weighted by Crippen LogP contribution is 2.40. The van der Waals surface area contributed by atoms with Crippen LogP contribution >= 0.6 is 7.37 Å². The molecule has 60 valence electrons. The molecule has 0 bridgehead atoms. The van der Waals surface area contributed by atoms with E-state index in [0.29, 0.717) is 6.42 Å². The second kappa shape index (κ2) is 3.74. The number of carboxylic acid groups (broad SMARTS) is 1. The fourth-order valence-corrected chi connectivity index (χ4v) is 1.92. The van der Waals surface area contributed by atoms with Gasteiger partial charge in [0.15, 0.2) is 0 Å². The highest BCUT2D eigenvalue weighted by molar-refractivity contribution is 7.58. The summed E-state index contributed by atoms with van der Waals surface area (Å²) in [6.45, 7) is 1.74. The third-order valence-electron chi connectivity index (χ3n) is 0.955. The van der Waals surface area contributed by atoms with Crippen LogP contribution in [0.25, 0.3) is 0 Å². The van der Waals surface area contributed by atoms with E-state index >= 15 is 0 Å². The highest BCUT2D eigenvalue weighted by atomic mass is 31.2. The molecule has 0 aliphatic rings. The molecular weight excluding hydrogens is 155 g/mol. The molecule has 1 atom stereocenters. The van der Waals surface area contributed by atoms with Gasteiger partial charge in [-0.2, -0.15) is 0 Å². The Hall–Kier alpha value is -0.340. The lowest BCUT2D eigenvalue weighted by molar-refractivity contribution is -0.134. The van der Waals surface area contributed by atoms with E-state index < -0.39 is 19.5 Å². The van der Waals surface area contributed by atoms with Crippen molar-refractivity contribution in [2.45, 2.75) is 13.3 Å². The third kappa shape index (κ3) is 4.53. The Kier molecular flexibility index (Phi) is 3.61. The Bertz CT molecular complexity index is 165. The molecular formula is C5H11O4P. The molecule has 0 heterocycles. The summed E-state index contributed by atoms with van der Waals surface area (Å²) >= 11 is 0. The first kappa shape index (κ1) is 9.66. The molecule has 0 spiro atoms. The van der Waals surface area contributed by atoms with E-state index in [1.807, 2.05) is 0 Å². The maximum absolute atomic E-state index is 10.8. The SMILES string of the molecule is CCCP(=O)(O)CC(=O)O. The van der Waals surface area contributed by atoms with Gasteiger partial charge in [0.25, 0.3) is 0 Å². The summed E-state index contributed by atoms with van der Waals surface area (Å²) in [5, 5.41) is 8.14. The Morgan fingerprint density at radius 3 is 2.40 bits per heavy atom. The minimum Gasteiger partial charge on any atom is -0.481 e. The minimum absolute atomic E-state index is 0.0965. The molecule has 0 aliphatic carbocycles. The number of carboxylic acids is 1. The molecule has 0 aliphatic heterocycles. The van der Waals surface area contributed by atoms with Gasteiger partial charge in [-0.05, 0) is 6.42 Å². The van der Waals surface area contributed by atoms with Crippen molar-refractivity contribution in [3.8, 4) is 0 Å². The molecule has 0 fully saturated rings. The minimum atomic E-state index is -3.35. The van der Waals surface area contributed by atoms with Crippen molar-refractivity contribution in [2.24, 2.45) is 0 Å². The van der Waals surface area contributed by atoms with E-state index in [2.05, 4.69) is 0 Å². The Balaban J connectivity index is 3.87. The molecule has 0 saturated carbocycles. The van der Waals surface area contributed by atoms with Crippen LogP contribution < -0.4 is 0 Å². The molecule has 4 nitrogen and oxygen atoms in total. The summed E-state index contributed by atoms with van der Waals surface area (Å²) in [6, 6.07) is 0. The quantitative estimate of drug-likeness (QED) is 0.604. The van der Waals surface area contributed by atoms with Gasteiger partial charge in [0.05, 0.1) is 0 Å². The second-order valence-electron chi connectivity index (χ2n) is 2.12. The maximum atomic E-state index is 10.8. The summed E-state index contributed by atoms with van der Waals surface area (Å²) in [5.41, 5.74) is 0. The Morgan fingerprint density at radius 2 is 2.10 bits per heavy atom. The number of aliphatic carboxylic acids is 1. The zero-order valence-corrected chi connectivity index (χ0v) is 6.67. The van der Waals surface area contributed by atoms with Gasteiger partial charge in [0, 0.05) is 6.16 Å². The van der Waals surface area contributed by atoms with Gasteiger partial charge in [-0.3, -0.25) is 9.36 Å². The van der Waals surface area contributed by atoms with Crippen LogP contribution in [0.4, 0.5) is 0 Å². The van der Waals surface area contributed by atoms with Gasteiger partial charge >= 0.3 is 5.97 Å². The third-order valence-corrected chi connectivity index (χ3v) is 2.87. The van der Waals surface area contributed by atoms with Crippen LogP contribution in [0.3, 0.4) is 0 Å². The molecule has 0 radical (unpaired) electrons. The van der Waals surface area contributed by atoms with Crippen molar-refractivity contribution in [3.05, 3.63) is 0 Å². The van der Waals surface area contributed by atoms with Crippen LogP contribution in [0.5, 0.6) is 0 Å². The van der Waals surface area contributed by atoms with Gasteiger partial charge in [-0.1, -0.05) is 6.92 Å². The molecule has 0 aromatic heterocycles. The van der Waals surface area contributed by atoms with Crippen molar-refractivity contribution in [1.82, 2.24) is 0 Å². The summed E-state index contributed by atoms with van der Waals surface area (Å²) < 4.78 is 10.8. The summed E-state index contributed by atoms with van der Waals surface area (Å²) in [6.07, 6.45) is 0.0290. The lowest BCUT2D eigenvalue weighted by Crippen LogP contribution is -2.05. The first-order chi connectivity index (χ1) is 4.48. The van der Waals surface area contributed by atoms with E-state index in [0.717, 1.165) is 0 Å².